The number of amides is 2. The molecular formula is C19H19N3O3S2. The lowest BCUT2D eigenvalue weighted by molar-refractivity contribution is 0.0691. The van der Waals surface area contributed by atoms with Gasteiger partial charge in [-0.15, -0.1) is 22.7 Å². The number of furan rings is 1. The van der Waals surface area contributed by atoms with Gasteiger partial charge < -0.3 is 14.6 Å². The zero-order valence-electron chi connectivity index (χ0n) is 14.8. The molecule has 0 unspecified atom stereocenters. The summed E-state index contributed by atoms with van der Waals surface area (Å²) in [6, 6.07) is 5.80. The van der Waals surface area contributed by atoms with E-state index >= 15 is 0 Å². The first-order valence-electron chi connectivity index (χ1n) is 8.75. The van der Waals surface area contributed by atoms with Gasteiger partial charge in [0.2, 0.25) is 0 Å². The second kappa shape index (κ2) is 7.66. The summed E-state index contributed by atoms with van der Waals surface area (Å²) in [6.45, 7) is 3.05. The third-order valence-corrected chi connectivity index (χ3v) is 6.52. The Morgan fingerprint density at radius 1 is 1.26 bits per heavy atom. The second-order valence-corrected chi connectivity index (χ2v) is 8.29. The predicted octanol–water partition coefficient (Wildman–Crippen LogP) is 3.81. The average molecular weight is 402 g/mol. The van der Waals surface area contributed by atoms with E-state index in [4.69, 9.17) is 4.42 Å². The Hall–Kier alpha value is -2.45. The lowest BCUT2D eigenvalue weighted by Gasteiger charge is -2.31. The number of nitrogens with one attached hydrogen (secondary N) is 1. The Bertz CT molecular complexity index is 937. The molecule has 1 aliphatic rings. The Kier molecular flexibility index (Phi) is 5.09. The van der Waals surface area contributed by atoms with Gasteiger partial charge in [0, 0.05) is 30.1 Å². The minimum Gasteiger partial charge on any atom is -0.459 e. The van der Waals surface area contributed by atoms with Gasteiger partial charge in [-0.2, -0.15) is 0 Å². The molecule has 0 saturated carbocycles. The number of aromatic nitrogens is 1. The standard InChI is InChI=1S/C19H19N3O3S2/c1-12-6-9-25-16(12)17(23)20-13-4-7-22(8-5-13)19(24)14-11-27-18(21-14)15-3-2-10-26-15/h2-3,6,9-11,13H,4-5,7-8H2,1H3,(H,20,23). The summed E-state index contributed by atoms with van der Waals surface area (Å²) in [5.74, 6) is 0.125. The van der Waals surface area contributed by atoms with E-state index < -0.39 is 0 Å². The van der Waals surface area contributed by atoms with E-state index in [0.29, 0.717) is 24.5 Å². The molecule has 3 aromatic rings. The number of aryl methyl sites for hydroxylation is 1. The molecule has 0 bridgehead atoms. The van der Waals surface area contributed by atoms with Crippen molar-refractivity contribution in [3.05, 3.63) is 52.2 Å². The summed E-state index contributed by atoms with van der Waals surface area (Å²) in [5.41, 5.74) is 1.32. The summed E-state index contributed by atoms with van der Waals surface area (Å²) in [5, 5.41) is 7.71. The predicted molar refractivity (Wildman–Crippen MR) is 105 cm³/mol. The number of thiophene rings is 1. The van der Waals surface area contributed by atoms with Crippen molar-refractivity contribution in [2.45, 2.75) is 25.8 Å². The summed E-state index contributed by atoms with van der Waals surface area (Å²) >= 11 is 3.11. The molecule has 2 amide bonds. The Labute approximate surface area is 164 Å². The molecule has 4 heterocycles. The van der Waals surface area contributed by atoms with Crippen molar-refractivity contribution < 1.29 is 14.0 Å². The van der Waals surface area contributed by atoms with E-state index in [0.717, 1.165) is 28.3 Å². The molecule has 1 aliphatic heterocycles. The maximum Gasteiger partial charge on any atom is 0.287 e. The summed E-state index contributed by atoms with van der Waals surface area (Å²) in [4.78, 5) is 32.4. The fourth-order valence-electron chi connectivity index (χ4n) is 3.13. The van der Waals surface area contributed by atoms with Crippen LogP contribution in [0.3, 0.4) is 0 Å². The van der Waals surface area contributed by atoms with Gasteiger partial charge in [-0.05, 0) is 37.3 Å². The molecule has 140 valence electrons. The number of hydrogen-bond acceptors (Lipinski definition) is 6. The van der Waals surface area contributed by atoms with Crippen LogP contribution in [0.15, 0.2) is 39.6 Å². The smallest absolute Gasteiger partial charge is 0.287 e. The van der Waals surface area contributed by atoms with Crippen molar-refractivity contribution in [2.75, 3.05) is 13.1 Å². The van der Waals surface area contributed by atoms with Gasteiger partial charge in [0.05, 0.1) is 11.1 Å². The van der Waals surface area contributed by atoms with Gasteiger partial charge in [0.1, 0.15) is 10.7 Å². The number of hydrogen-bond donors (Lipinski definition) is 1. The van der Waals surface area contributed by atoms with E-state index in [-0.39, 0.29) is 17.9 Å². The van der Waals surface area contributed by atoms with E-state index in [9.17, 15) is 9.59 Å². The number of carbonyl (C=O) groups is 2. The Morgan fingerprint density at radius 3 is 2.74 bits per heavy atom. The van der Waals surface area contributed by atoms with E-state index in [2.05, 4.69) is 10.3 Å². The van der Waals surface area contributed by atoms with Crippen LogP contribution in [0.1, 0.15) is 39.4 Å². The highest BCUT2D eigenvalue weighted by atomic mass is 32.1. The number of piperidine rings is 1. The van der Waals surface area contributed by atoms with Gasteiger partial charge in [0.15, 0.2) is 5.76 Å². The van der Waals surface area contributed by atoms with E-state index in [1.165, 1.54) is 17.6 Å². The zero-order valence-corrected chi connectivity index (χ0v) is 16.4. The quantitative estimate of drug-likeness (QED) is 0.721. The molecular weight excluding hydrogens is 382 g/mol. The molecule has 1 fully saturated rings. The first-order chi connectivity index (χ1) is 13.1. The van der Waals surface area contributed by atoms with Crippen LogP contribution in [0, 0.1) is 6.92 Å². The topological polar surface area (TPSA) is 75.4 Å². The average Bonchev–Trinajstić information content (AvgIpc) is 3.42. The summed E-state index contributed by atoms with van der Waals surface area (Å²) in [7, 11) is 0. The van der Waals surface area contributed by atoms with Crippen LogP contribution >= 0.6 is 22.7 Å². The molecule has 4 rings (SSSR count). The second-order valence-electron chi connectivity index (χ2n) is 6.49. The van der Waals surface area contributed by atoms with E-state index in [1.807, 2.05) is 34.7 Å². The third-order valence-electron chi connectivity index (χ3n) is 4.64. The van der Waals surface area contributed by atoms with Gasteiger partial charge in [0.25, 0.3) is 11.8 Å². The third kappa shape index (κ3) is 3.81. The van der Waals surface area contributed by atoms with Crippen molar-refractivity contribution in [2.24, 2.45) is 0 Å². The molecule has 1 N–H and O–H groups in total. The molecule has 0 atom stereocenters. The highest BCUT2D eigenvalue weighted by molar-refractivity contribution is 7.20. The highest BCUT2D eigenvalue weighted by Gasteiger charge is 2.27. The molecule has 0 aromatic carbocycles. The largest absolute Gasteiger partial charge is 0.459 e. The molecule has 6 nitrogen and oxygen atoms in total. The Morgan fingerprint density at radius 2 is 2.07 bits per heavy atom. The van der Waals surface area contributed by atoms with Crippen molar-refractivity contribution in [3.8, 4) is 9.88 Å². The number of carbonyl (C=O) groups excluding carboxylic acids is 2. The molecule has 0 spiro atoms. The van der Waals surface area contributed by atoms with Gasteiger partial charge >= 0.3 is 0 Å². The fraction of sp³-hybridized carbons (Fsp3) is 0.316. The maximum atomic E-state index is 12.7. The number of likely N-dealkylation sites (tertiary alicyclic amines) is 1. The van der Waals surface area contributed by atoms with Crippen LogP contribution < -0.4 is 5.32 Å². The lowest BCUT2D eigenvalue weighted by Crippen LogP contribution is -2.46. The minimum atomic E-state index is -0.192. The van der Waals surface area contributed by atoms with Crippen molar-refractivity contribution in [1.82, 2.24) is 15.2 Å². The Balaban J connectivity index is 1.33. The van der Waals surface area contributed by atoms with Crippen molar-refractivity contribution in [3.63, 3.8) is 0 Å². The van der Waals surface area contributed by atoms with Crippen LogP contribution in [0.2, 0.25) is 0 Å². The number of rotatable bonds is 4. The highest BCUT2D eigenvalue weighted by Crippen LogP contribution is 2.28. The van der Waals surface area contributed by atoms with Crippen LogP contribution in [0.4, 0.5) is 0 Å². The first kappa shape index (κ1) is 17.9. The SMILES string of the molecule is Cc1ccoc1C(=O)NC1CCN(C(=O)c2csc(-c3cccs3)n2)CC1. The molecule has 3 aromatic heterocycles. The van der Waals surface area contributed by atoms with Gasteiger partial charge in [-0.1, -0.05) is 6.07 Å². The van der Waals surface area contributed by atoms with Gasteiger partial charge in [-0.3, -0.25) is 9.59 Å². The molecule has 27 heavy (non-hydrogen) atoms. The van der Waals surface area contributed by atoms with Gasteiger partial charge in [-0.25, -0.2) is 4.98 Å². The van der Waals surface area contributed by atoms with Crippen LogP contribution in [-0.2, 0) is 0 Å². The number of thiazole rings is 1. The number of nitrogens with zero attached hydrogens (tertiary/aromatic N) is 2. The molecule has 0 radical (unpaired) electrons. The van der Waals surface area contributed by atoms with Crippen LogP contribution in [0.25, 0.3) is 9.88 Å². The monoisotopic (exact) mass is 401 g/mol. The zero-order chi connectivity index (χ0) is 18.8. The van der Waals surface area contributed by atoms with Crippen molar-refractivity contribution in [1.29, 1.82) is 0 Å². The maximum absolute atomic E-state index is 12.7. The first-order valence-corrected chi connectivity index (χ1v) is 10.5. The van der Waals surface area contributed by atoms with Crippen LogP contribution in [-0.4, -0.2) is 40.8 Å². The molecule has 8 heteroatoms. The lowest BCUT2D eigenvalue weighted by atomic mass is 10.0. The van der Waals surface area contributed by atoms with Crippen molar-refractivity contribution >= 4 is 34.5 Å². The molecule has 1 saturated heterocycles. The van der Waals surface area contributed by atoms with E-state index in [1.54, 1.807) is 17.4 Å². The molecule has 0 aliphatic carbocycles. The summed E-state index contributed by atoms with van der Waals surface area (Å²) in [6.07, 6.45) is 2.96. The normalized spacial score (nSPS) is 15.1. The van der Waals surface area contributed by atoms with Crippen LogP contribution in [0.5, 0.6) is 0 Å². The fourth-order valence-corrected chi connectivity index (χ4v) is 4.74. The summed E-state index contributed by atoms with van der Waals surface area (Å²) < 4.78 is 5.23. The minimum absolute atomic E-state index is 0.0410.